The second kappa shape index (κ2) is 3.48. The van der Waals surface area contributed by atoms with E-state index in [1.807, 2.05) is 5.41 Å². The van der Waals surface area contributed by atoms with E-state index in [2.05, 4.69) is 11.5 Å². The minimum Gasteiger partial charge on any atom is -0.300 e. The largest absolute Gasteiger partial charge is 0.300 e. The van der Waals surface area contributed by atoms with Crippen LogP contribution in [0.5, 0.6) is 0 Å². The highest BCUT2D eigenvalue weighted by Crippen LogP contribution is 2.23. The zero-order chi connectivity index (χ0) is 7.40. The van der Waals surface area contributed by atoms with Crippen molar-refractivity contribution in [2.24, 2.45) is 0 Å². The topological polar surface area (TPSA) is 17.1 Å². The monoisotopic (exact) mass is 152 g/mol. The van der Waals surface area contributed by atoms with Crippen LogP contribution in [0.2, 0.25) is 0 Å². The first-order valence-corrected chi connectivity index (χ1v) is 4.02. The van der Waals surface area contributed by atoms with Gasteiger partial charge in [-0.3, -0.25) is 0 Å². The van der Waals surface area contributed by atoms with E-state index in [9.17, 15) is 4.79 Å². The summed E-state index contributed by atoms with van der Waals surface area (Å²) in [5.41, 5.74) is 5.77. The Balaban J connectivity index is 2.35. The number of rotatable bonds is 3. The van der Waals surface area contributed by atoms with Crippen LogP contribution in [0.3, 0.4) is 0 Å². The summed E-state index contributed by atoms with van der Waals surface area (Å²) < 4.78 is 0. The van der Waals surface area contributed by atoms with Gasteiger partial charge in [-0.1, -0.05) is 23.2 Å². The molecular formula is C8H8OS. The average Bonchev–Trinajstić information content (AvgIpc) is 2.34. The summed E-state index contributed by atoms with van der Waals surface area (Å²) in [6, 6.07) is 0. The lowest BCUT2D eigenvalue weighted by atomic mass is 10.2. The van der Waals surface area contributed by atoms with E-state index in [-0.39, 0.29) is 5.78 Å². The van der Waals surface area contributed by atoms with Gasteiger partial charge in [0.15, 0.2) is 0 Å². The predicted molar refractivity (Wildman–Crippen MR) is 42.6 cm³/mol. The summed E-state index contributed by atoms with van der Waals surface area (Å²) in [5, 5.41) is 1.86. The quantitative estimate of drug-likeness (QED) is 0.577. The van der Waals surface area contributed by atoms with E-state index in [1.165, 1.54) is 0 Å². The molecule has 0 unspecified atom stereocenters. The third kappa shape index (κ3) is 2.28. The Morgan fingerprint density at radius 1 is 1.80 bits per heavy atom. The molecule has 0 bridgehead atoms. The standard InChI is InChI=1S/C8H8OS/c1-7(9)4-5-8-3-2-6-10-8/h6H,4-5H2,1H3. The average molecular weight is 152 g/mol. The molecule has 0 saturated heterocycles. The van der Waals surface area contributed by atoms with Gasteiger partial charge in [0, 0.05) is 16.7 Å². The molecule has 0 spiro atoms. The Kier molecular flexibility index (Phi) is 2.58. The van der Waals surface area contributed by atoms with Crippen molar-refractivity contribution in [3.8, 4) is 0 Å². The first-order chi connectivity index (χ1) is 4.79. The van der Waals surface area contributed by atoms with Crippen molar-refractivity contribution in [1.29, 1.82) is 0 Å². The smallest absolute Gasteiger partial charge is 0.130 e. The number of carbonyl (C=O) groups excluding carboxylic acids is 1. The van der Waals surface area contributed by atoms with Crippen molar-refractivity contribution < 1.29 is 4.79 Å². The van der Waals surface area contributed by atoms with Crippen molar-refractivity contribution in [3.63, 3.8) is 0 Å². The molecule has 0 aliphatic carbocycles. The van der Waals surface area contributed by atoms with Crippen LogP contribution in [-0.4, -0.2) is 5.78 Å². The van der Waals surface area contributed by atoms with Crippen molar-refractivity contribution in [2.75, 3.05) is 0 Å². The normalized spacial score (nSPS) is 13.9. The fraction of sp³-hybridized carbons (Fsp3) is 0.375. The Bertz CT molecular complexity index is 240. The third-order valence-electron chi connectivity index (χ3n) is 1.18. The molecule has 2 heteroatoms. The van der Waals surface area contributed by atoms with Crippen molar-refractivity contribution in [1.82, 2.24) is 0 Å². The fourth-order valence-corrected chi connectivity index (χ4v) is 1.25. The van der Waals surface area contributed by atoms with E-state index >= 15 is 0 Å². The molecular weight excluding hydrogens is 144 g/mol. The number of thioether (sulfide) groups is 1. The first-order valence-electron chi connectivity index (χ1n) is 3.14. The molecule has 0 fully saturated rings. The van der Waals surface area contributed by atoms with Crippen molar-refractivity contribution in [2.45, 2.75) is 19.8 Å². The zero-order valence-corrected chi connectivity index (χ0v) is 6.62. The maximum Gasteiger partial charge on any atom is 0.130 e. The maximum absolute atomic E-state index is 10.5. The van der Waals surface area contributed by atoms with E-state index < -0.39 is 0 Å². The van der Waals surface area contributed by atoms with Gasteiger partial charge in [0.25, 0.3) is 0 Å². The summed E-state index contributed by atoms with van der Waals surface area (Å²) in [5.74, 6) is 0.238. The van der Waals surface area contributed by atoms with E-state index in [0.717, 1.165) is 11.3 Å². The number of Topliss-reactive ketones (excluding diaryl/α,β-unsaturated/α-hetero) is 1. The summed E-state index contributed by atoms with van der Waals surface area (Å²) in [4.78, 5) is 11.6. The highest BCUT2D eigenvalue weighted by Gasteiger charge is 2.00. The SMILES string of the molecule is CC(=O)CCC1=C=C=CS1. The Morgan fingerprint density at radius 3 is 3.10 bits per heavy atom. The molecule has 1 aliphatic heterocycles. The molecule has 0 radical (unpaired) electrons. The molecule has 10 heavy (non-hydrogen) atoms. The molecule has 1 rings (SSSR count). The van der Waals surface area contributed by atoms with Crippen LogP contribution >= 0.6 is 11.8 Å². The van der Waals surface area contributed by atoms with Gasteiger partial charge < -0.3 is 4.79 Å². The van der Waals surface area contributed by atoms with E-state index in [0.29, 0.717) is 6.42 Å². The second-order valence-electron chi connectivity index (χ2n) is 2.13. The first kappa shape index (κ1) is 7.43. The van der Waals surface area contributed by atoms with E-state index in [4.69, 9.17) is 0 Å². The number of allylic oxidation sites excluding steroid dienone is 1. The third-order valence-corrected chi connectivity index (χ3v) is 2.00. The molecule has 0 aromatic heterocycles. The predicted octanol–water partition coefficient (Wildman–Crippen LogP) is 2.25. The van der Waals surface area contributed by atoms with Gasteiger partial charge in [0.2, 0.25) is 0 Å². The van der Waals surface area contributed by atoms with Gasteiger partial charge in [-0.05, 0) is 13.3 Å². The fourth-order valence-electron chi connectivity index (χ4n) is 0.651. The van der Waals surface area contributed by atoms with Gasteiger partial charge in [0.05, 0.1) is 0 Å². The van der Waals surface area contributed by atoms with Gasteiger partial charge in [-0.25, -0.2) is 0 Å². The van der Waals surface area contributed by atoms with Crippen LogP contribution in [0.1, 0.15) is 19.8 Å². The number of hydrogen-bond acceptors (Lipinski definition) is 2. The highest BCUT2D eigenvalue weighted by molar-refractivity contribution is 8.05. The van der Waals surface area contributed by atoms with Crippen LogP contribution in [0.15, 0.2) is 21.8 Å². The van der Waals surface area contributed by atoms with Gasteiger partial charge in [-0.2, -0.15) is 0 Å². The summed E-state index contributed by atoms with van der Waals surface area (Å²) in [6.07, 6.45) is 1.45. The highest BCUT2D eigenvalue weighted by atomic mass is 32.2. The van der Waals surface area contributed by atoms with Crippen LogP contribution in [0, 0.1) is 0 Å². The van der Waals surface area contributed by atoms with Gasteiger partial charge >= 0.3 is 0 Å². The van der Waals surface area contributed by atoms with Crippen molar-refractivity contribution in [3.05, 3.63) is 21.8 Å². The maximum atomic E-state index is 10.5. The van der Waals surface area contributed by atoms with Crippen LogP contribution < -0.4 is 0 Å². The Morgan fingerprint density at radius 2 is 2.60 bits per heavy atom. The van der Waals surface area contributed by atoms with Gasteiger partial charge in [-0.15, -0.1) is 0 Å². The minimum atomic E-state index is 0.238. The van der Waals surface area contributed by atoms with Crippen molar-refractivity contribution >= 4 is 17.5 Å². The molecule has 0 saturated carbocycles. The minimum absolute atomic E-state index is 0.238. The molecule has 0 aromatic carbocycles. The van der Waals surface area contributed by atoms with E-state index in [1.54, 1.807) is 18.7 Å². The lowest BCUT2D eigenvalue weighted by molar-refractivity contribution is -0.116. The molecule has 0 N–H and O–H groups in total. The lowest BCUT2D eigenvalue weighted by Gasteiger charge is -1.93. The molecule has 1 heterocycles. The molecule has 1 aliphatic rings. The molecule has 0 atom stereocenters. The van der Waals surface area contributed by atoms with Crippen LogP contribution in [-0.2, 0) is 4.79 Å². The number of hydrogen-bond donors (Lipinski definition) is 0. The second-order valence-corrected chi connectivity index (χ2v) is 3.09. The van der Waals surface area contributed by atoms with Gasteiger partial charge in [0.1, 0.15) is 5.78 Å². The molecule has 0 amide bonds. The molecule has 1 nitrogen and oxygen atoms in total. The molecule has 0 aromatic rings. The van der Waals surface area contributed by atoms with Crippen LogP contribution in [0.4, 0.5) is 0 Å². The number of carbonyl (C=O) groups is 1. The van der Waals surface area contributed by atoms with Crippen LogP contribution in [0.25, 0.3) is 0 Å². The number of ketones is 1. The summed E-state index contributed by atoms with van der Waals surface area (Å²) >= 11 is 1.60. The molecule has 52 valence electrons. The summed E-state index contributed by atoms with van der Waals surface area (Å²) in [6.45, 7) is 1.61. The lowest BCUT2D eigenvalue weighted by Crippen LogP contribution is -1.88. The Hall–Kier alpha value is -0.680. The zero-order valence-electron chi connectivity index (χ0n) is 5.81. The summed E-state index contributed by atoms with van der Waals surface area (Å²) in [7, 11) is 0. The Labute approximate surface area is 64.5 Å².